The molecule has 82 valence electrons. The van der Waals surface area contributed by atoms with Gasteiger partial charge in [0.25, 0.3) is 0 Å². The quantitative estimate of drug-likeness (QED) is 0.604. The molecular weight excluding hydrogens is 218 g/mol. The van der Waals surface area contributed by atoms with Gasteiger partial charge in [-0.15, -0.1) is 0 Å². The summed E-state index contributed by atoms with van der Waals surface area (Å²) in [4.78, 5) is 10.5. The van der Waals surface area contributed by atoms with E-state index in [1.807, 2.05) is 0 Å². The fourth-order valence-electron chi connectivity index (χ4n) is 0.937. The van der Waals surface area contributed by atoms with Gasteiger partial charge in [0.05, 0.1) is 4.90 Å². The van der Waals surface area contributed by atoms with Gasteiger partial charge in [0, 0.05) is 12.6 Å². The monoisotopic (exact) mass is 229 g/mol. The van der Waals surface area contributed by atoms with E-state index in [0.717, 1.165) is 6.92 Å². The standard InChI is InChI=1S/C9H11NO4S/c1-7(11)14-6-15(12,13)9-4-2-3-8(10)5-9/h2-5H,6,10H2,1H3. The van der Waals surface area contributed by atoms with Crippen LogP contribution in [0.25, 0.3) is 0 Å². The van der Waals surface area contributed by atoms with Gasteiger partial charge in [-0.05, 0) is 18.2 Å². The summed E-state index contributed by atoms with van der Waals surface area (Å²) in [5, 5.41) is 0. The number of benzene rings is 1. The predicted molar refractivity (Wildman–Crippen MR) is 54.7 cm³/mol. The molecule has 0 radical (unpaired) electrons. The van der Waals surface area contributed by atoms with Gasteiger partial charge >= 0.3 is 5.97 Å². The summed E-state index contributed by atoms with van der Waals surface area (Å²) < 4.78 is 27.5. The third-order valence-corrected chi connectivity index (χ3v) is 3.03. The summed E-state index contributed by atoms with van der Waals surface area (Å²) in [6, 6.07) is 5.81. The molecule has 0 aliphatic heterocycles. The number of carbonyl (C=O) groups is 1. The minimum Gasteiger partial charge on any atom is -0.449 e. The minimum absolute atomic E-state index is 0.0451. The second kappa shape index (κ2) is 4.31. The number of sulfone groups is 1. The second-order valence-electron chi connectivity index (χ2n) is 2.94. The molecule has 0 unspecified atom stereocenters. The van der Waals surface area contributed by atoms with Gasteiger partial charge in [0.1, 0.15) is 0 Å². The normalized spacial score (nSPS) is 11.0. The molecular formula is C9H11NO4S. The zero-order valence-corrected chi connectivity index (χ0v) is 8.95. The lowest BCUT2D eigenvalue weighted by Crippen LogP contribution is -2.12. The van der Waals surface area contributed by atoms with Crippen LogP contribution in [0.5, 0.6) is 0 Å². The van der Waals surface area contributed by atoms with Crippen LogP contribution in [0.1, 0.15) is 6.92 Å². The summed E-state index contributed by atoms with van der Waals surface area (Å²) in [7, 11) is -3.60. The fourth-order valence-corrected chi connectivity index (χ4v) is 2.00. The third kappa shape index (κ3) is 3.25. The van der Waals surface area contributed by atoms with E-state index in [9.17, 15) is 13.2 Å². The van der Waals surface area contributed by atoms with Gasteiger partial charge < -0.3 is 10.5 Å². The number of esters is 1. The zero-order chi connectivity index (χ0) is 11.5. The first kappa shape index (κ1) is 11.5. The maximum absolute atomic E-state index is 11.6. The Bertz CT molecular complexity index is 467. The number of carbonyl (C=O) groups excluding carboxylic acids is 1. The number of hydrogen-bond acceptors (Lipinski definition) is 5. The van der Waals surface area contributed by atoms with Gasteiger partial charge in [-0.25, -0.2) is 8.42 Å². The Balaban J connectivity index is 2.91. The van der Waals surface area contributed by atoms with Gasteiger partial charge in [0.2, 0.25) is 9.84 Å². The zero-order valence-electron chi connectivity index (χ0n) is 8.14. The average molecular weight is 229 g/mol. The highest BCUT2D eigenvalue weighted by atomic mass is 32.2. The highest BCUT2D eigenvalue weighted by molar-refractivity contribution is 7.91. The summed E-state index contributed by atoms with van der Waals surface area (Å²) in [5.41, 5.74) is 5.79. The molecule has 0 saturated carbocycles. The molecule has 0 fully saturated rings. The van der Waals surface area contributed by atoms with Crippen molar-refractivity contribution < 1.29 is 17.9 Å². The second-order valence-corrected chi connectivity index (χ2v) is 4.88. The van der Waals surface area contributed by atoms with Crippen LogP contribution in [0, 0.1) is 0 Å². The van der Waals surface area contributed by atoms with E-state index in [1.165, 1.54) is 18.2 Å². The summed E-state index contributed by atoms with van der Waals surface area (Å²) in [6.07, 6.45) is 0. The molecule has 15 heavy (non-hydrogen) atoms. The number of hydrogen-bond donors (Lipinski definition) is 1. The van der Waals surface area contributed by atoms with Crippen molar-refractivity contribution in [2.24, 2.45) is 0 Å². The molecule has 1 rings (SSSR count). The van der Waals surface area contributed by atoms with Crippen molar-refractivity contribution in [2.45, 2.75) is 11.8 Å². The summed E-state index contributed by atoms with van der Waals surface area (Å²) in [5.74, 6) is -1.30. The van der Waals surface area contributed by atoms with E-state index in [1.54, 1.807) is 6.07 Å². The maximum Gasteiger partial charge on any atom is 0.303 e. The highest BCUT2D eigenvalue weighted by Crippen LogP contribution is 2.14. The van der Waals surface area contributed by atoms with Crippen LogP contribution in [0.2, 0.25) is 0 Å². The molecule has 0 bridgehead atoms. The molecule has 1 aromatic rings. The van der Waals surface area contributed by atoms with Crippen LogP contribution < -0.4 is 5.73 Å². The van der Waals surface area contributed by atoms with Crippen molar-refractivity contribution in [3.05, 3.63) is 24.3 Å². The van der Waals surface area contributed by atoms with E-state index in [0.29, 0.717) is 5.69 Å². The summed E-state index contributed by atoms with van der Waals surface area (Å²) in [6.45, 7) is 1.15. The Morgan fingerprint density at radius 2 is 2.13 bits per heavy atom. The van der Waals surface area contributed by atoms with E-state index in [4.69, 9.17) is 5.73 Å². The Morgan fingerprint density at radius 3 is 2.67 bits per heavy atom. The number of rotatable bonds is 3. The van der Waals surface area contributed by atoms with E-state index in [-0.39, 0.29) is 4.90 Å². The molecule has 0 aliphatic rings. The van der Waals surface area contributed by atoms with Crippen LogP contribution >= 0.6 is 0 Å². The smallest absolute Gasteiger partial charge is 0.303 e. The molecule has 0 heterocycles. The first-order valence-electron chi connectivity index (χ1n) is 4.13. The molecule has 0 atom stereocenters. The third-order valence-electron chi connectivity index (χ3n) is 1.63. The van der Waals surface area contributed by atoms with Crippen molar-refractivity contribution in [3.8, 4) is 0 Å². The highest BCUT2D eigenvalue weighted by Gasteiger charge is 2.15. The van der Waals surface area contributed by atoms with E-state index in [2.05, 4.69) is 4.74 Å². The lowest BCUT2D eigenvalue weighted by molar-refractivity contribution is -0.138. The topological polar surface area (TPSA) is 86.5 Å². The van der Waals surface area contributed by atoms with Crippen molar-refractivity contribution in [1.82, 2.24) is 0 Å². The Labute approximate surface area is 87.8 Å². The maximum atomic E-state index is 11.6. The lowest BCUT2D eigenvalue weighted by Gasteiger charge is -2.04. The van der Waals surface area contributed by atoms with Gasteiger partial charge in [-0.3, -0.25) is 4.79 Å². The molecule has 1 aromatic carbocycles. The minimum atomic E-state index is -3.60. The van der Waals surface area contributed by atoms with Gasteiger partial charge in [-0.2, -0.15) is 0 Å². The van der Waals surface area contributed by atoms with Crippen LogP contribution in [0.15, 0.2) is 29.2 Å². The molecule has 0 aliphatic carbocycles. The van der Waals surface area contributed by atoms with Crippen LogP contribution in [0.3, 0.4) is 0 Å². The number of nitrogens with two attached hydrogens (primary N) is 1. The molecule has 5 nitrogen and oxygen atoms in total. The SMILES string of the molecule is CC(=O)OCS(=O)(=O)c1cccc(N)c1. The van der Waals surface area contributed by atoms with E-state index < -0.39 is 21.7 Å². The average Bonchev–Trinajstić information content (AvgIpc) is 2.15. The Kier molecular flexibility index (Phi) is 3.31. The van der Waals surface area contributed by atoms with Crippen LogP contribution in [-0.2, 0) is 19.4 Å². The molecule has 6 heteroatoms. The first-order chi connectivity index (χ1) is 6.92. The molecule has 0 saturated heterocycles. The van der Waals surface area contributed by atoms with Crippen LogP contribution in [-0.4, -0.2) is 20.3 Å². The van der Waals surface area contributed by atoms with Crippen molar-refractivity contribution >= 4 is 21.5 Å². The van der Waals surface area contributed by atoms with E-state index >= 15 is 0 Å². The Hall–Kier alpha value is -1.56. The molecule has 2 N–H and O–H groups in total. The van der Waals surface area contributed by atoms with Crippen molar-refractivity contribution in [3.63, 3.8) is 0 Å². The fraction of sp³-hybridized carbons (Fsp3) is 0.222. The van der Waals surface area contributed by atoms with Crippen molar-refractivity contribution in [1.29, 1.82) is 0 Å². The largest absolute Gasteiger partial charge is 0.449 e. The summed E-state index contributed by atoms with van der Waals surface area (Å²) >= 11 is 0. The van der Waals surface area contributed by atoms with Gasteiger partial charge in [0.15, 0.2) is 5.94 Å². The Morgan fingerprint density at radius 1 is 1.47 bits per heavy atom. The van der Waals surface area contributed by atoms with Crippen molar-refractivity contribution in [2.75, 3.05) is 11.7 Å². The molecule has 0 aromatic heterocycles. The molecule has 0 spiro atoms. The number of anilines is 1. The predicted octanol–water partition coefficient (Wildman–Crippen LogP) is 0.563. The molecule has 0 amide bonds. The lowest BCUT2D eigenvalue weighted by atomic mass is 10.3. The van der Waals surface area contributed by atoms with Crippen LogP contribution in [0.4, 0.5) is 5.69 Å². The van der Waals surface area contributed by atoms with Gasteiger partial charge in [-0.1, -0.05) is 6.07 Å². The number of nitrogen functional groups attached to an aromatic ring is 1. The number of ether oxygens (including phenoxy) is 1. The first-order valence-corrected chi connectivity index (χ1v) is 5.79.